The summed E-state index contributed by atoms with van der Waals surface area (Å²) in [7, 11) is 0. The second-order valence-electron chi connectivity index (χ2n) is 2.30. The van der Waals surface area contributed by atoms with Crippen LogP contribution in [0.2, 0.25) is 0 Å². The Kier molecular flexibility index (Phi) is 1.75. The van der Waals surface area contributed by atoms with E-state index >= 15 is 0 Å². The number of para-hydroxylation sites is 1. The van der Waals surface area contributed by atoms with Gasteiger partial charge < -0.3 is 5.11 Å². The highest BCUT2D eigenvalue weighted by Gasteiger charge is 2.04. The fourth-order valence-electron chi connectivity index (χ4n) is 0.968. The van der Waals surface area contributed by atoms with E-state index in [1.807, 2.05) is 12.1 Å². The number of phenols is 1. The number of phenolic OH excluding ortho intramolecular Hbond substituents is 1. The molecule has 0 aliphatic heterocycles. The molecule has 0 atom stereocenters. The molecule has 1 N–H and O–H groups in total. The maximum atomic E-state index is 9.43. The standard InChI is InChI=1S/C8H6N2OS/c11-7-4-2-1-3-6(7)8-5-9-10-12-8/h1-5,11H. The second kappa shape index (κ2) is 2.91. The molecule has 0 saturated carbocycles. The van der Waals surface area contributed by atoms with Crippen LogP contribution in [0.15, 0.2) is 30.5 Å². The third-order valence-electron chi connectivity index (χ3n) is 1.53. The van der Waals surface area contributed by atoms with Gasteiger partial charge in [-0.2, -0.15) is 0 Å². The van der Waals surface area contributed by atoms with E-state index in [0.717, 1.165) is 10.4 Å². The van der Waals surface area contributed by atoms with Crippen molar-refractivity contribution >= 4 is 11.5 Å². The molecule has 0 saturated heterocycles. The number of hydrogen-bond donors (Lipinski definition) is 1. The Bertz CT molecular complexity index is 372. The zero-order valence-corrected chi connectivity index (χ0v) is 6.95. The van der Waals surface area contributed by atoms with Gasteiger partial charge in [0, 0.05) is 5.56 Å². The van der Waals surface area contributed by atoms with Crippen LogP contribution < -0.4 is 0 Å². The van der Waals surface area contributed by atoms with Crippen LogP contribution >= 0.6 is 11.5 Å². The minimum absolute atomic E-state index is 0.267. The fourth-order valence-corrected chi connectivity index (χ4v) is 1.52. The maximum Gasteiger partial charge on any atom is 0.124 e. The average Bonchev–Trinajstić information content (AvgIpc) is 2.57. The molecule has 3 nitrogen and oxygen atoms in total. The summed E-state index contributed by atoms with van der Waals surface area (Å²) in [6, 6.07) is 7.14. The van der Waals surface area contributed by atoms with Crippen LogP contribution in [0.3, 0.4) is 0 Å². The highest BCUT2D eigenvalue weighted by molar-refractivity contribution is 7.09. The fraction of sp³-hybridized carbons (Fsp3) is 0. The maximum absolute atomic E-state index is 9.43. The lowest BCUT2D eigenvalue weighted by atomic mass is 10.2. The van der Waals surface area contributed by atoms with Gasteiger partial charge in [0.15, 0.2) is 0 Å². The van der Waals surface area contributed by atoms with Crippen molar-refractivity contribution in [1.82, 2.24) is 9.59 Å². The van der Waals surface area contributed by atoms with Crippen molar-refractivity contribution in [3.05, 3.63) is 30.5 Å². The van der Waals surface area contributed by atoms with E-state index in [9.17, 15) is 5.11 Å². The quantitative estimate of drug-likeness (QED) is 0.725. The summed E-state index contributed by atoms with van der Waals surface area (Å²) >= 11 is 1.27. The summed E-state index contributed by atoms with van der Waals surface area (Å²) < 4.78 is 3.72. The van der Waals surface area contributed by atoms with Crippen LogP contribution in [0, 0.1) is 0 Å². The smallest absolute Gasteiger partial charge is 0.124 e. The van der Waals surface area contributed by atoms with Crippen LogP contribution in [0.4, 0.5) is 0 Å². The number of nitrogens with zero attached hydrogens (tertiary/aromatic N) is 2. The molecule has 60 valence electrons. The van der Waals surface area contributed by atoms with E-state index in [2.05, 4.69) is 9.59 Å². The molecule has 0 fully saturated rings. The molecule has 0 aliphatic carbocycles. The predicted octanol–water partition coefficient (Wildman–Crippen LogP) is 1.91. The van der Waals surface area contributed by atoms with Crippen LogP contribution in [-0.4, -0.2) is 14.7 Å². The van der Waals surface area contributed by atoms with Gasteiger partial charge in [-0.1, -0.05) is 16.6 Å². The number of rotatable bonds is 1. The first kappa shape index (κ1) is 7.24. The molecule has 12 heavy (non-hydrogen) atoms. The molecular formula is C8H6N2OS. The van der Waals surface area contributed by atoms with Crippen molar-refractivity contribution in [3.63, 3.8) is 0 Å². The number of aromatic nitrogens is 2. The topological polar surface area (TPSA) is 46.0 Å². The number of aromatic hydroxyl groups is 1. The van der Waals surface area contributed by atoms with Gasteiger partial charge in [-0.05, 0) is 23.7 Å². The molecule has 0 bridgehead atoms. The highest BCUT2D eigenvalue weighted by Crippen LogP contribution is 2.29. The summed E-state index contributed by atoms with van der Waals surface area (Å²) in [4.78, 5) is 0.883. The summed E-state index contributed by atoms with van der Waals surface area (Å²) in [6.45, 7) is 0. The van der Waals surface area contributed by atoms with E-state index in [1.54, 1.807) is 18.3 Å². The van der Waals surface area contributed by atoms with Crippen molar-refractivity contribution in [1.29, 1.82) is 0 Å². The Morgan fingerprint density at radius 1 is 1.25 bits per heavy atom. The van der Waals surface area contributed by atoms with Crippen LogP contribution in [0.5, 0.6) is 5.75 Å². The van der Waals surface area contributed by atoms with Gasteiger partial charge in [0.1, 0.15) is 5.75 Å². The Morgan fingerprint density at radius 3 is 2.75 bits per heavy atom. The Hall–Kier alpha value is -1.42. The normalized spacial score (nSPS) is 10.0. The van der Waals surface area contributed by atoms with Gasteiger partial charge in [0.05, 0.1) is 11.1 Å². The molecular weight excluding hydrogens is 172 g/mol. The van der Waals surface area contributed by atoms with E-state index in [1.165, 1.54) is 11.5 Å². The third-order valence-corrected chi connectivity index (χ3v) is 2.23. The minimum Gasteiger partial charge on any atom is -0.507 e. The molecule has 1 heterocycles. The molecule has 4 heteroatoms. The first-order valence-electron chi connectivity index (χ1n) is 3.43. The predicted molar refractivity (Wildman–Crippen MR) is 47.0 cm³/mol. The minimum atomic E-state index is 0.267. The first-order chi connectivity index (χ1) is 5.88. The van der Waals surface area contributed by atoms with Gasteiger partial charge in [-0.25, -0.2) is 0 Å². The van der Waals surface area contributed by atoms with Crippen molar-refractivity contribution in [3.8, 4) is 16.2 Å². The first-order valence-corrected chi connectivity index (χ1v) is 4.21. The number of benzene rings is 1. The molecule has 0 unspecified atom stereocenters. The van der Waals surface area contributed by atoms with Crippen molar-refractivity contribution in [2.75, 3.05) is 0 Å². The molecule has 1 aromatic heterocycles. The number of hydrogen-bond acceptors (Lipinski definition) is 4. The molecule has 0 spiro atoms. The molecule has 0 aliphatic rings. The third kappa shape index (κ3) is 1.16. The second-order valence-corrected chi connectivity index (χ2v) is 3.08. The average molecular weight is 178 g/mol. The molecule has 2 rings (SSSR count). The van der Waals surface area contributed by atoms with Gasteiger partial charge in [0.25, 0.3) is 0 Å². The van der Waals surface area contributed by atoms with E-state index in [0.29, 0.717) is 0 Å². The van der Waals surface area contributed by atoms with Crippen LogP contribution in [0.25, 0.3) is 10.4 Å². The largest absolute Gasteiger partial charge is 0.507 e. The molecule has 2 aromatic rings. The summed E-state index contributed by atoms with van der Waals surface area (Å²) in [5.74, 6) is 0.267. The Morgan fingerprint density at radius 2 is 2.08 bits per heavy atom. The van der Waals surface area contributed by atoms with Gasteiger partial charge in [-0.3, -0.25) is 0 Å². The monoisotopic (exact) mass is 178 g/mol. The van der Waals surface area contributed by atoms with Crippen molar-refractivity contribution < 1.29 is 5.11 Å². The Labute approximate surface area is 73.5 Å². The zero-order chi connectivity index (χ0) is 8.39. The summed E-state index contributed by atoms with van der Waals surface area (Å²) in [5.41, 5.74) is 0.785. The van der Waals surface area contributed by atoms with E-state index in [-0.39, 0.29) is 5.75 Å². The highest BCUT2D eigenvalue weighted by atomic mass is 32.1. The molecule has 0 amide bonds. The lowest BCUT2D eigenvalue weighted by molar-refractivity contribution is 0.477. The van der Waals surface area contributed by atoms with Gasteiger partial charge >= 0.3 is 0 Å². The van der Waals surface area contributed by atoms with E-state index < -0.39 is 0 Å². The molecule has 0 radical (unpaired) electrons. The van der Waals surface area contributed by atoms with Gasteiger partial charge in [-0.15, -0.1) is 5.10 Å². The summed E-state index contributed by atoms with van der Waals surface area (Å²) in [6.07, 6.45) is 1.64. The van der Waals surface area contributed by atoms with Gasteiger partial charge in [0.2, 0.25) is 0 Å². The zero-order valence-electron chi connectivity index (χ0n) is 6.14. The summed E-state index contributed by atoms with van der Waals surface area (Å²) in [5, 5.41) is 13.1. The van der Waals surface area contributed by atoms with E-state index in [4.69, 9.17) is 0 Å². The lowest BCUT2D eigenvalue weighted by Gasteiger charge is -1.97. The SMILES string of the molecule is Oc1ccccc1-c1cnns1. The Balaban J connectivity index is 2.55. The van der Waals surface area contributed by atoms with Crippen molar-refractivity contribution in [2.45, 2.75) is 0 Å². The van der Waals surface area contributed by atoms with Crippen molar-refractivity contribution in [2.24, 2.45) is 0 Å². The van der Waals surface area contributed by atoms with Crippen LogP contribution in [0.1, 0.15) is 0 Å². The van der Waals surface area contributed by atoms with Crippen LogP contribution in [-0.2, 0) is 0 Å². The molecule has 1 aromatic carbocycles. The lowest BCUT2D eigenvalue weighted by Crippen LogP contribution is -1.72.